The molecule has 4 heteroatoms. The molecule has 1 unspecified atom stereocenters. The van der Waals surface area contributed by atoms with Gasteiger partial charge in [-0.15, -0.1) is 0 Å². The highest BCUT2D eigenvalue weighted by Gasteiger charge is 2.22. The van der Waals surface area contributed by atoms with Gasteiger partial charge in [-0.1, -0.05) is 15.9 Å². The molecule has 3 nitrogen and oxygen atoms in total. The molecule has 0 heterocycles. The molecule has 1 atom stereocenters. The number of rotatable bonds is 6. The molecular formula is C15H25BrN2O. The third-order valence-corrected chi connectivity index (χ3v) is 4.16. The van der Waals surface area contributed by atoms with E-state index in [0.29, 0.717) is 6.61 Å². The van der Waals surface area contributed by atoms with Gasteiger partial charge in [0.15, 0.2) is 0 Å². The van der Waals surface area contributed by atoms with Crippen LogP contribution >= 0.6 is 15.9 Å². The minimum Gasteiger partial charge on any atom is -0.491 e. The Kier molecular flexibility index (Phi) is 5.83. The van der Waals surface area contributed by atoms with Crippen molar-refractivity contribution in [1.82, 2.24) is 10.2 Å². The molecule has 1 aromatic rings. The van der Waals surface area contributed by atoms with Crippen LogP contribution in [0.25, 0.3) is 0 Å². The number of halogens is 1. The molecule has 0 amide bonds. The quantitative estimate of drug-likeness (QED) is 0.865. The topological polar surface area (TPSA) is 24.5 Å². The highest BCUT2D eigenvalue weighted by molar-refractivity contribution is 9.10. The van der Waals surface area contributed by atoms with Crippen molar-refractivity contribution < 1.29 is 4.74 Å². The first-order chi connectivity index (χ1) is 8.77. The minimum absolute atomic E-state index is 0.00717. The van der Waals surface area contributed by atoms with Gasteiger partial charge >= 0.3 is 0 Å². The van der Waals surface area contributed by atoms with Crippen molar-refractivity contribution in [3.8, 4) is 5.75 Å². The van der Waals surface area contributed by atoms with E-state index in [4.69, 9.17) is 4.74 Å². The summed E-state index contributed by atoms with van der Waals surface area (Å²) in [5.41, 5.74) is 1.18. The lowest BCUT2D eigenvalue weighted by molar-refractivity contribution is 0.113. The largest absolute Gasteiger partial charge is 0.491 e. The van der Waals surface area contributed by atoms with Gasteiger partial charge in [0.25, 0.3) is 0 Å². The second-order valence-corrected chi connectivity index (χ2v) is 6.60. The number of benzene rings is 1. The number of nitrogens with zero attached hydrogens (tertiary/aromatic N) is 1. The van der Waals surface area contributed by atoms with E-state index in [1.165, 1.54) is 5.56 Å². The van der Waals surface area contributed by atoms with Crippen molar-refractivity contribution in [2.75, 3.05) is 27.7 Å². The monoisotopic (exact) mass is 328 g/mol. The summed E-state index contributed by atoms with van der Waals surface area (Å²) in [6.07, 6.45) is 0. The summed E-state index contributed by atoms with van der Waals surface area (Å²) < 4.78 is 7.11. The zero-order valence-corrected chi connectivity index (χ0v) is 14.3. The van der Waals surface area contributed by atoms with Crippen LogP contribution in [-0.4, -0.2) is 38.2 Å². The van der Waals surface area contributed by atoms with Crippen molar-refractivity contribution in [3.63, 3.8) is 0 Å². The lowest BCUT2D eigenvalue weighted by atomic mass is 10.1. The van der Waals surface area contributed by atoms with Crippen molar-refractivity contribution in [2.45, 2.75) is 32.4 Å². The van der Waals surface area contributed by atoms with Gasteiger partial charge in [0.05, 0.1) is 0 Å². The van der Waals surface area contributed by atoms with Crippen LogP contribution in [0, 0.1) is 0 Å². The molecule has 0 aromatic heterocycles. The Hall–Kier alpha value is -0.580. The molecule has 19 heavy (non-hydrogen) atoms. The fraction of sp³-hybridized carbons (Fsp3) is 0.600. The van der Waals surface area contributed by atoms with Crippen molar-refractivity contribution >= 4 is 15.9 Å². The molecule has 0 bridgehead atoms. The van der Waals surface area contributed by atoms with Crippen LogP contribution in [0.1, 0.15) is 32.4 Å². The van der Waals surface area contributed by atoms with E-state index in [-0.39, 0.29) is 11.6 Å². The van der Waals surface area contributed by atoms with Crippen LogP contribution in [0.5, 0.6) is 5.75 Å². The Balaban J connectivity index is 2.89. The number of hydrogen-bond donors (Lipinski definition) is 1. The van der Waals surface area contributed by atoms with Gasteiger partial charge in [0, 0.05) is 21.6 Å². The van der Waals surface area contributed by atoms with Crippen LogP contribution < -0.4 is 10.1 Å². The Bertz CT molecular complexity index is 419. The average molecular weight is 329 g/mol. The molecule has 0 saturated heterocycles. The molecule has 1 N–H and O–H groups in total. The standard InChI is InChI=1S/C15H25BrN2O/c1-11(17-4)13-9-12(16)7-8-14(13)19-10-15(2,3)18(5)6/h7-9,11,17H,10H2,1-6H3. The molecule has 0 aliphatic heterocycles. The maximum Gasteiger partial charge on any atom is 0.124 e. The van der Waals surface area contributed by atoms with E-state index in [0.717, 1.165) is 10.2 Å². The number of nitrogens with one attached hydrogen (secondary N) is 1. The smallest absolute Gasteiger partial charge is 0.124 e. The first-order valence-electron chi connectivity index (χ1n) is 6.55. The fourth-order valence-corrected chi connectivity index (χ4v) is 1.91. The summed E-state index contributed by atoms with van der Waals surface area (Å²) in [5, 5.41) is 3.26. The van der Waals surface area contributed by atoms with E-state index >= 15 is 0 Å². The lowest BCUT2D eigenvalue weighted by Gasteiger charge is -2.32. The van der Waals surface area contributed by atoms with Gasteiger partial charge in [-0.05, 0) is 60.1 Å². The van der Waals surface area contributed by atoms with Crippen molar-refractivity contribution in [1.29, 1.82) is 0 Å². The van der Waals surface area contributed by atoms with E-state index < -0.39 is 0 Å². The summed E-state index contributed by atoms with van der Waals surface area (Å²) in [7, 11) is 6.10. The SMILES string of the molecule is CNC(C)c1cc(Br)ccc1OCC(C)(C)N(C)C. The highest BCUT2D eigenvalue weighted by Crippen LogP contribution is 2.29. The lowest BCUT2D eigenvalue weighted by Crippen LogP contribution is -2.43. The molecule has 108 valence electrons. The van der Waals surface area contributed by atoms with Crippen LogP contribution in [0.4, 0.5) is 0 Å². The van der Waals surface area contributed by atoms with Crippen LogP contribution in [0.3, 0.4) is 0 Å². The molecule has 0 radical (unpaired) electrons. The second kappa shape index (κ2) is 6.73. The molecule has 0 saturated carbocycles. The molecule has 1 aromatic carbocycles. The van der Waals surface area contributed by atoms with Crippen LogP contribution in [0.15, 0.2) is 22.7 Å². The summed E-state index contributed by atoms with van der Waals surface area (Å²) in [5.74, 6) is 0.944. The van der Waals surface area contributed by atoms with Gasteiger partial charge in [0.1, 0.15) is 12.4 Å². The van der Waals surface area contributed by atoms with Gasteiger partial charge in [-0.25, -0.2) is 0 Å². The Morgan fingerprint density at radius 2 is 2.00 bits per heavy atom. The molecule has 0 aliphatic carbocycles. The first-order valence-corrected chi connectivity index (χ1v) is 7.34. The molecule has 0 fully saturated rings. The van der Waals surface area contributed by atoms with Gasteiger partial charge in [-0.3, -0.25) is 0 Å². The number of hydrogen-bond acceptors (Lipinski definition) is 3. The van der Waals surface area contributed by atoms with E-state index in [1.807, 2.05) is 19.2 Å². The average Bonchev–Trinajstić information content (AvgIpc) is 2.36. The third-order valence-electron chi connectivity index (χ3n) is 3.66. The first kappa shape index (κ1) is 16.5. The maximum atomic E-state index is 6.04. The van der Waals surface area contributed by atoms with E-state index in [1.54, 1.807) is 0 Å². The molecular weight excluding hydrogens is 304 g/mol. The predicted octanol–water partition coefficient (Wildman–Crippen LogP) is 3.45. The zero-order chi connectivity index (χ0) is 14.6. The Morgan fingerprint density at radius 3 is 2.53 bits per heavy atom. The van der Waals surface area contributed by atoms with Gasteiger partial charge in [-0.2, -0.15) is 0 Å². The summed E-state index contributed by atoms with van der Waals surface area (Å²) in [4.78, 5) is 2.17. The van der Waals surface area contributed by atoms with E-state index in [2.05, 4.69) is 67.1 Å². The van der Waals surface area contributed by atoms with Crippen LogP contribution in [0.2, 0.25) is 0 Å². The zero-order valence-electron chi connectivity index (χ0n) is 12.7. The minimum atomic E-state index is 0.00717. The molecule has 0 spiro atoms. The Labute approximate surface area is 125 Å². The van der Waals surface area contributed by atoms with Crippen molar-refractivity contribution in [2.24, 2.45) is 0 Å². The van der Waals surface area contributed by atoms with Crippen molar-refractivity contribution in [3.05, 3.63) is 28.2 Å². The third kappa shape index (κ3) is 4.48. The summed E-state index contributed by atoms with van der Waals surface area (Å²) in [6.45, 7) is 7.14. The molecule has 1 rings (SSSR count). The van der Waals surface area contributed by atoms with Gasteiger partial charge < -0.3 is 15.0 Å². The van der Waals surface area contributed by atoms with E-state index in [9.17, 15) is 0 Å². The predicted molar refractivity (Wildman–Crippen MR) is 84.9 cm³/mol. The van der Waals surface area contributed by atoms with Crippen LogP contribution in [-0.2, 0) is 0 Å². The fourth-order valence-electron chi connectivity index (χ4n) is 1.53. The molecule has 0 aliphatic rings. The second-order valence-electron chi connectivity index (χ2n) is 5.69. The number of likely N-dealkylation sites (N-methyl/N-ethyl adjacent to an activating group) is 1. The maximum absolute atomic E-state index is 6.04. The summed E-state index contributed by atoms with van der Waals surface area (Å²) in [6, 6.07) is 6.41. The normalized spacial score (nSPS) is 13.7. The highest BCUT2D eigenvalue weighted by atomic mass is 79.9. The van der Waals surface area contributed by atoms with Gasteiger partial charge in [0.2, 0.25) is 0 Å². The summed E-state index contributed by atoms with van der Waals surface area (Å²) >= 11 is 3.52. The Morgan fingerprint density at radius 1 is 1.37 bits per heavy atom. The number of ether oxygens (including phenoxy) is 1.